The van der Waals surface area contributed by atoms with Crippen LogP contribution in [0.2, 0.25) is 0 Å². The molecule has 2 heterocycles. The number of nitrogens with one attached hydrogen (secondary N) is 1. The van der Waals surface area contributed by atoms with Crippen LogP contribution < -0.4 is 5.32 Å². The van der Waals surface area contributed by atoms with Gasteiger partial charge in [0, 0.05) is 25.7 Å². The van der Waals surface area contributed by atoms with Crippen molar-refractivity contribution in [3.63, 3.8) is 0 Å². The van der Waals surface area contributed by atoms with Crippen LogP contribution in [0.15, 0.2) is 10.6 Å². The van der Waals surface area contributed by atoms with E-state index in [9.17, 15) is 0 Å². The first kappa shape index (κ1) is 9.68. The summed E-state index contributed by atoms with van der Waals surface area (Å²) in [7, 11) is 0. The maximum atomic E-state index is 5.46. The molecule has 1 N–H and O–H groups in total. The Balaban J connectivity index is 1.95. The number of nitrogens with zero attached hydrogens (tertiary/aromatic N) is 2. The molecule has 1 unspecified atom stereocenters. The van der Waals surface area contributed by atoms with E-state index in [2.05, 4.69) is 22.1 Å². The first-order valence-corrected chi connectivity index (χ1v) is 5.12. The number of hydrogen-bond acceptors (Lipinski definition) is 4. The fourth-order valence-corrected chi connectivity index (χ4v) is 1.77. The third-order valence-electron chi connectivity index (χ3n) is 2.65. The Labute approximate surface area is 84.3 Å². The topological polar surface area (TPSA) is 41.3 Å². The molecule has 1 aromatic heterocycles. The first-order chi connectivity index (χ1) is 6.75. The van der Waals surface area contributed by atoms with Crippen molar-refractivity contribution in [1.29, 1.82) is 0 Å². The molecule has 78 valence electrons. The molecule has 0 spiro atoms. The number of aryl methyl sites for hydroxylation is 1. The second-order valence-corrected chi connectivity index (χ2v) is 3.89. The van der Waals surface area contributed by atoms with E-state index in [0.717, 1.165) is 37.8 Å². The van der Waals surface area contributed by atoms with E-state index in [-0.39, 0.29) is 0 Å². The highest BCUT2D eigenvalue weighted by Crippen LogP contribution is 2.09. The van der Waals surface area contributed by atoms with Crippen LogP contribution in [-0.4, -0.2) is 35.6 Å². The Kier molecular flexibility index (Phi) is 2.84. The van der Waals surface area contributed by atoms with E-state index in [1.54, 1.807) is 6.20 Å². The molecule has 0 aromatic carbocycles. The highest BCUT2D eigenvalue weighted by molar-refractivity contribution is 4.91. The van der Waals surface area contributed by atoms with Crippen LogP contribution in [0.5, 0.6) is 0 Å². The Hall–Kier alpha value is -0.870. The van der Waals surface area contributed by atoms with Crippen LogP contribution in [0.25, 0.3) is 0 Å². The van der Waals surface area contributed by atoms with E-state index >= 15 is 0 Å². The van der Waals surface area contributed by atoms with Crippen molar-refractivity contribution in [2.24, 2.45) is 0 Å². The Bertz CT molecular complexity index is 297. The second kappa shape index (κ2) is 4.11. The maximum Gasteiger partial charge on any atom is 0.208 e. The molecule has 0 bridgehead atoms. The molecular weight excluding hydrogens is 178 g/mol. The van der Waals surface area contributed by atoms with Crippen molar-refractivity contribution < 1.29 is 4.42 Å². The van der Waals surface area contributed by atoms with Gasteiger partial charge in [-0.15, -0.1) is 0 Å². The standard InChI is InChI=1S/C10H17N3O/c1-8-5-11-3-4-13(8)7-10-12-6-9(2)14-10/h6,8,11H,3-5,7H2,1-2H3. The summed E-state index contributed by atoms with van der Waals surface area (Å²) < 4.78 is 5.46. The molecule has 0 amide bonds. The molecule has 1 fully saturated rings. The lowest BCUT2D eigenvalue weighted by Gasteiger charge is -2.32. The SMILES string of the molecule is Cc1cnc(CN2CCNCC2C)o1. The number of oxazole rings is 1. The summed E-state index contributed by atoms with van der Waals surface area (Å²) in [4.78, 5) is 6.61. The largest absolute Gasteiger partial charge is 0.445 e. The third-order valence-corrected chi connectivity index (χ3v) is 2.65. The average molecular weight is 195 g/mol. The molecule has 2 rings (SSSR count). The summed E-state index contributed by atoms with van der Waals surface area (Å²) in [6.07, 6.45) is 1.78. The highest BCUT2D eigenvalue weighted by atomic mass is 16.4. The molecule has 0 radical (unpaired) electrons. The van der Waals surface area contributed by atoms with Crippen LogP contribution in [-0.2, 0) is 6.54 Å². The quantitative estimate of drug-likeness (QED) is 0.757. The van der Waals surface area contributed by atoms with Crippen molar-refractivity contribution in [1.82, 2.24) is 15.2 Å². The van der Waals surface area contributed by atoms with Crippen molar-refractivity contribution in [3.05, 3.63) is 17.8 Å². The zero-order chi connectivity index (χ0) is 9.97. The van der Waals surface area contributed by atoms with E-state index < -0.39 is 0 Å². The molecule has 1 saturated heterocycles. The minimum Gasteiger partial charge on any atom is -0.445 e. The zero-order valence-corrected chi connectivity index (χ0v) is 8.79. The van der Waals surface area contributed by atoms with Gasteiger partial charge in [0.25, 0.3) is 0 Å². The monoisotopic (exact) mass is 195 g/mol. The molecule has 4 heteroatoms. The first-order valence-electron chi connectivity index (χ1n) is 5.12. The van der Waals surface area contributed by atoms with Gasteiger partial charge in [0.2, 0.25) is 5.89 Å². The van der Waals surface area contributed by atoms with E-state index in [4.69, 9.17) is 4.42 Å². The van der Waals surface area contributed by atoms with Gasteiger partial charge < -0.3 is 9.73 Å². The molecule has 1 atom stereocenters. The van der Waals surface area contributed by atoms with Gasteiger partial charge >= 0.3 is 0 Å². The van der Waals surface area contributed by atoms with Gasteiger partial charge in [-0.25, -0.2) is 4.98 Å². The van der Waals surface area contributed by atoms with Crippen LogP contribution in [0.1, 0.15) is 18.6 Å². The predicted molar refractivity (Wildman–Crippen MR) is 54.0 cm³/mol. The van der Waals surface area contributed by atoms with Gasteiger partial charge in [0.15, 0.2) is 0 Å². The van der Waals surface area contributed by atoms with E-state index in [1.165, 1.54) is 0 Å². The number of rotatable bonds is 2. The van der Waals surface area contributed by atoms with E-state index in [1.807, 2.05) is 6.92 Å². The van der Waals surface area contributed by atoms with Crippen molar-refractivity contribution in [2.75, 3.05) is 19.6 Å². The molecule has 1 aliphatic rings. The van der Waals surface area contributed by atoms with Gasteiger partial charge in [-0.3, -0.25) is 4.90 Å². The van der Waals surface area contributed by atoms with Gasteiger partial charge in [0.1, 0.15) is 5.76 Å². The summed E-state index contributed by atoms with van der Waals surface area (Å²) in [5.41, 5.74) is 0. The molecule has 4 nitrogen and oxygen atoms in total. The maximum absolute atomic E-state index is 5.46. The Morgan fingerprint density at radius 1 is 1.71 bits per heavy atom. The normalized spacial score (nSPS) is 24.0. The van der Waals surface area contributed by atoms with Gasteiger partial charge in [0.05, 0.1) is 12.7 Å². The van der Waals surface area contributed by atoms with Gasteiger partial charge in [-0.05, 0) is 13.8 Å². The lowest BCUT2D eigenvalue weighted by molar-refractivity contribution is 0.150. The van der Waals surface area contributed by atoms with Crippen molar-refractivity contribution >= 4 is 0 Å². The minimum atomic E-state index is 0.566. The van der Waals surface area contributed by atoms with Crippen LogP contribution >= 0.6 is 0 Å². The van der Waals surface area contributed by atoms with Crippen LogP contribution in [0.3, 0.4) is 0 Å². The van der Waals surface area contributed by atoms with Crippen molar-refractivity contribution in [2.45, 2.75) is 26.4 Å². The summed E-state index contributed by atoms with van der Waals surface area (Å²) in [6.45, 7) is 8.17. The van der Waals surface area contributed by atoms with Crippen LogP contribution in [0, 0.1) is 6.92 Å². The number of aromatic nitrogens is 1. The molecular formula is C10H17N3O. The Morgan fingerprint density at radius 2 is 2.57 bits per heavy atom. The molecule has 0 aliphatic carbocycles. The number of piperazine rings is 1. The fourth-order valence-electron chi connectivity index (χ4n) is 1.77. The zero-order valence-electron chi connectivity index (χ0n) is 8.79. The highest BCUT2D eigenvalue weighted by Gasteiger charge is 2.19. The molecule has 1 aliphatic heterocycles. The summed E-state index contributed by atoms with van der Waals surface area (Å²) >= 11 is 0. The summed E-state index contributed by atoms with van der Waals surface area (Å²) in [5, 5.41) is 3.36. The third kappa shape index (κ3) is 2.13. The lowest BCUT2D eigenvalue weighted by atomic mass is 10.2. The van der Waals surface area contributed by atoms with Crippen LogP contribution in [0.4, 0.5) is 0 Å². The second-order valence-electron chi connectivity index (χ2n) is 3.89. The van der Waals surface area contributed by atoms with Gasteiger partial charge in [-0.2, -0.15) is 0 Å². The number of hydrogen-bond donors (Lipinski definition) is 1. The average Bonchev–Trinajstić information content (AvgIpc) is 2.56. The van der Waals surface area contributed by atoms with Gasteiger partial charge in [-0.1, -0.05) is 0 Å². The van der Waals surface area contributed by atoms with E-state index in [0.29, 0.717) is 6.04 Å². The van der Waals surface area contributed by atoms with Crippen molar-refractivity contribution in [3.8, 4) is 0 Å². The summed E-state index contributed by atoms with van der Waals surface area (Å²) in [6, 6.07) is 0.566. The smallest absolute Gasteiger partial charge is 0.208 e. The lowest BCUT2D eigenvalue weighted by Crippen LogP contribution is -2.49. The Morgan fingerprint density at radius 3 is 3.21 bits per heavy atom. The fraction of sp³-hybridized carbons (Fsp3) is 0.700. The minimum absolute atomic E-state index is 0.566. The predicted octanol–water partition coefficient (Wildman–Crippen LogP) is 0.777. The molecule has 14 heavy (non-hydrogen) atoms. The molecule has 1 aromatic rings. The summed E-state index contributed by atoms with van der Waals surface area (Å²) in [5.74, 6) is 1.72. The molecule has 0 saturated carbocycles.